The fraction of sp³-hybridized carbons (Fsp3) is 0.375. The molecule has 1 rings (SSSR count). The van der Waals surface area contributed by atoms with E-state index in [4.69, 9.17) is 10.5 Å². The van der Waals surface area contributed by atoms with E-state index in [1.807, 2.05) is 0 Å². The number of nitrogens with two attached hydrogens (primary N) is 1. The number of esters is 1. The Morgan fingerprint density at radius 2 is 2.27 bits per heavy atom. The van der Waals surface area contributed by atoms with Crippen molar-refractivity contribution in [2.75, 3.05) is 25.7 Å². The summed E-state index contributed by atoms with van der Waals surface area (Å²) in [5.41, 5.74) is 5.57. The second-order valence-corrected chi connectivity index (χ2v) is 3.43. The molecule has 0 aromatic carbocycles. The van der Waals surface area contributed by atoms with E-state index in [1.54, 1.807) is 0 Å². The summed E-state index contributed by atoms with van der Waals surface area (Å²) in [7, 11) is 2.80. The van der Waals surface area contributed by atoms with Crippen LogP contribution >= 0.6 is 11.8 Å². The van der Waals surface area contributed by atoms with Gasteiger partial charge in [0.1, 0.15) is 11.4 Å². The molecule has 7 heteroatoms. The standard InChI is InChI=1S/C8H11N3O3S/c1-13-5(12)3-15-8-6(14-2)7(9)10-4-11-8/h4H,3H2,1-2H3,(H2,9,10,11). The SMILES string of the molecule is COC(=O)CSc1ncnc(N)c1OC. The zero-order valence-electron chi connectivity index (χ0n) is 8.39. The molecule has 0 fully saturated rings. The first-order valence-electron chi connectivity index (χ1n) is 4.03. The Morgan fingerprint density at radius 1 is 1.53 bits per heavy atom. The van der Waals surface area contributed by atoms with E-state index >= 15 is 0 Å². The first-order valence-corrected chi connectivity index (χ1v) is 5.01. The molecule has 1 aromatic heterocycles. The number of methoxy groups -OCH3 is 2. The Bertz CT molecular complexity index is 359. The van der Waals surface area contributed by atoms with Crippen LogP contribution < -0.4 is 10.5 Å². The van der Waals surface area contributed by atoms with Crippen molar-refractivity contribution in [1.82, 2.24) is 9.97 Å². The second-order valence-electron chi connectivity index (χ2n) is 2.46. The monoisotopic (exact) mass is 229 g/mol. The number of aromatic nitrogens is 2. The molecule has 0 radical (unpaired) electrons. The summed E-state index contributed by atoms with van der Waals surface area (Å²) in [6, 6.07) is 0. The Kier molecular flexibility index (Phi) is 4.17. The predicted molar refractivity (Wildman–Crippen MR) is 55.7 cm³/mol. The number of hydrogen-bond acceptors (Lipinski definition) is 7. The van der Waals surface area contributed by atoms with E-state index in [2.05, 4.69) is 14.7 Å². The molecule has 0 aliphatic carbocycles. The van der Waals surface area contributed by atoms with Gasteiger partial charge in [-0.1, -0.05) is 11.8 Å². The van der Waals surface area contributed by atoms with Crippen LogP contribution in [0.25, 0.3) is 0 Å². The van der Waals surface area contributed by atoms with Crippen LogP contribution in [-0.2, 0) is 9.53 Å². The van der Waals surface area contributed by atoms with Crippen molar-refractivity contribution in [3.8, 4) is 5.75 Å². The summed E-state index contributed by atoms with van der Waals surface area (Å²) in [6.07, 6.45) is 1.32. The number of thioether (sulfide) groups is 1. The second kappa shape index (κ2) is 5.40. The van der Waals surface area contributed by atoms with Crippen molar-refractivity contribution < 1.29 is 14.3 Å². The minimum absolute atomic E-state index is 0.156. The molecular weight excluding hydrogens is 218 g/mol. The van der Waals surface area contributed by atoms with Crippen molar-refractivity contribution >= 4 is 23.5 Å². The Morgan fingerprint density at radius 3 is 2.87 bits per heavy atom. The lowest BCUT2D eigenvalue weighted by Crippen LogP contribution is -2.05. The lowest BCUT2D eigenvalue weighted by Gasteiger charge is -2.07. The third kappa shape index (κ3) is 2.98. The average Bonchev–Trinajstić information content (AvgIpc) is 2.25. The van der Waals surface area contributed by atoms with E-state index < -0.39 is 0 Å². The molecule has 0 spiro atoms. The summed E-state index contributed by atoms with van der Waals surface area (Å²) < 4.78 is 9.52. The maximum Gasteiger partial charge on any atom is 0.316 e. The molecule has 0 aliphatic rings. The van der Waals surface area contributed by atoms with E-state index in [1.165, 1.54) is 32.3 Å². The van der Waals surface area contributed by atoms with Crippen LogP contribution in [0, 0.1) is 0 Å². The van der Waals surface area contributed by atoms with Gasteiger partial charge in [-0.25, -0.2) is 9.97 Å². The normalized spacial score (nSPS) is 9.73. The lowest BCUT2D eigenvalue weighted by atomic mass is 10.5. The lowest BCUT2D eigenvalue weighted by molar-refractivity contribution is -0.137. The average molecular weight is 229 g/mol. The van der Waals surface area contributed by atoms with Crippen molar-refractivity contribution in [2.24, 2.45) is 0 Å². The number of nitrogens with zero attached hydrogens (tertiary/aromatic N) is 2. The van der Waals surface area contributed by atoms with Gasteiger partial charge in [0.25, 0.3) is 0 Å². The number of anilines is 1. The Balaban J connectivity index is 2.76. The molecule has 1 heterocycles. The molecule has 0 saturated heterocycles. The molecule has 15 heavy (non-hydrogen) atoms. The predicted octanol–water partition coefficient (Wildman–Crippen LogP) is 0.332. The molecule has 0 aliphatic heterocycles. The van der Waals surface area contributed by atoms with Gasteiger partial charge >= 0.3 is 5.97 Å². The van der Waals surface area contributed by atoms with Crippen LogP contribution in [0.2, 0.25) is 0 Å². The number of rotatable bonds is 4. The molecule has 2 N–H and O–H groups in total. The van der Waals surface area contributed by atoms with Gasteiger partial charge in [0.05, 0.1) is 20.0 Å². The van der Waals surface area contributed by atoms with Crippen LogP contribution in [0.5, 0.6) is 5.75 Å². The largest absolute Gasteiger partial charge is 0.490 e. The highest BCUT2D eigenvalue weighted by molar-refractivity contribution is 8.00. The quantitative estimate of drug-likeness (QED) is 0.452. The highest BCUT2D eigenvalue weighted by Crippen LogP contribution is 2.30. The molecule has 0 atom stereocenters. The molecule has 6 nitrogen and oxygen atoms in total. The maximum absolute atomic E-state index is 10.9. The van der Waals surface area contributed by atoms with Crippen LogP contribution in [-0.4, -0.2) is 35.9 Å². The first kappa shape index (κ1) is 11.6. The van der Waals surface area contributed by atoms with Gasteiger partial charge in [0, 0.05) is 0 Å². The zero-order chi connectivity index (χ0) is 11.3. The van der Waals surface area contributed by atoms with Gasteiger partial charge in [-0.3, -0.25) is 4.79 Å². The Labute approximate surface area is 91.2 Å². The van der Waals surface area contributed by atoms with Crippen molar-refractivity contribution in [1.29, 1.82) is 0 Å². The maximum atomic E-state index is 10.9. The van der Waals surface area contributed by atoms with Crippen molar-refractivity contribution in [2.45, 2.75) is 5.03 Å². The van der Waals surface area contributed by atoms with Gasteiger partial charge < -0.3 is 15.2 Å². The van der Waals surface area contributed by atoms with Gasteiger partial charge in [0.2, 0.25) is 0 Å². The summed E-state index contributed by atoms with van der Waals surface area (Å²) in [4.78, 5) is 18.6. The third-order valence-electron chi connectivity index (χ3n) is 1.56. The van der Waals surface area contributed by atoms with E-state index in [-0.39, 0.29) is 17.5 Å². The highest BCUT2D eigenvalue weighted by atomic mass is 32.2. The van der Waals surface area contributed by atoms with Crippen molar-refractivity contribution in [3.63, 3.8) is 0 Å². The molecule has 82 valence electrons. The summed E-state index contributed by atoms with van der Waals surface area (Å²) in [6.45, 7) is 0. The van der Waals surface area contributed by atoms with Gasteiger partial charge in [0.15, 0.2) is 11.6 Å². The zero-order valence-corrected chi connectivity index (χ0v) is 9.21. The molecular formula is C8H11N3O3S. The number of carbonyl (C=O) groups is 1. The van der Waals surface area contributed by atoms with E-state index in [0.717, 1.165) is 0 Å². The van der Waals surface area contributed by atoms with Gasteiger partial charge in [-0.15, -0.1) is 0 Å². The summed E-state index contributed by atoms with van der Waals surface area (Å²) in [5, 5.41) is 0.524. The Hall–Kier alpha value is -1.50. The number of carbonyl (C=O) groups excluding carboxylic acids is 1. The molecule has 0 amide bonds. The highest BCUT2D eigenvalue weighted by Gasteiger charge is 2.11. The first-order chi connectivity index (χ1) is 7.19. The van der Waals surface area contributed by atoms with Crippen LogP contribution in [0.1, 0.15) is 0 Å². The van der Waals surface area contributed by atoms with Gasteiger partial charge in [-0.2, -0.15) is 0 Å². The molecule has 0 saturated carbocycles. The van der Waals surface area contributed by atoms with Gasteiger partial charge in [-0.05, 0) is 0 Å². The minimum Gasteiger partial charge on any atom is -0.490 e. The fourth-order valence-electron chi connectivity index (χ4n) is 0.851. The van der Waals surface area contributed by atoms with Crippen LogP contribution in [0.4, 0.5) is 5.82 Å². The number of nitrogen functional groups attached to an aromatic ring is 1. The van der Waals surface area contributed by atoms with Crippen LogP contribution in [0.15, 0.2) is 11.4 Å². The summed E-state index contributed by atoms with van der Waals surface area (Å²) in [5.74, 6) is 0.453. The van der Waals surface area contributed by atoms with E-state index in [0.29, 0.717) is 10.8 Å². The molecule has 0 bridgehead atoms. The van der Waals surface area contributed by atoms with E-state index in [9.17, 15) is 4.79 Å². The third-order valence-corrected chi connectivity index (χ3v) is 2.50. The minimum atomic E-state index is -0.334. The van der Waals surface area contributed by atoms with Crippen LogP contribution in [0.3, 0.4) is 0 Å². The smallest absolute Gasteiger partial charge is 0.316 e. The molecule has 1 aromatic rings. The molecule has 0 unspecified atom stereocenters. The summed E-state index contributed by atoms with van der Waals surface area (Å²) >= 11 is 1.19. The number of hydrogen-bond donors (Lipinski definition) is 1. The fourth-order valence-corrected chi connectivity index (χ4v) is 1.66. The number of ether oxygens (including phenoxy) is 2. The topological polar surface area (TPSA) is 87.3 Å². The van der Waals surface area contributed by atoms with Crippen molar-refractivity contribution in [3.05, 3.63) is 6.33 Å².